The van der Waals surface area contributed by atoms with Crippen LogP contribution in [0.15, 0.2) is 48.5 Å². The molecule has 0 bridgehead atoms. The zero-order valence-electron chi connectivity index (χ0n) is 14.6. The van der Waals surface area contributed by atoms with E-state index < -0.39 is 7.25 Å². The van der Waals surface area contributed by atoms with Crippen molar-refractivity contribution in [2.45, 2.75) is 19.8 Å². The fourth-order valence-corrected chi connectivity index (χ4v) is 3.29. The summed E-state index contributed by atoms with van der Waals surface area (Å²) in [5.74, 6) is 7.13. The average molecular weight is 379 g/mol. The van der Waals surface area contributed by atoms with Crippen LogP contribution in [0.2, 0.25) is 0 Å². The highest BCUT2D eigenvalue weighted by Crippen LogP contribution is 2.19. The second-order valence-electron chi connectivity index (χ2n) is 5.96. The van der Waals surface area contributed by atoms with E-state index in [1.807, 2.05) is 0 Å². The summed E-state index contributed by atoms with van der Waals surface area (Å²) in [5.41, 5.74) is 3.66. The Labute approximate surface area is 154 Å². The maximum Gasteiger partial charge on any atom is 0.673 e. The third-order valence-corrected chi connectivity index (χ3v) is 4.76. The van der Waals surface area contributed by atoms with Crippen molar-refractivity contribution in [2.75, 3.05) is 0 Å². The Balaban J connectivity index is 0.000000431. The quantitative estimate of drug-likeness (QED) is 0.226. The largest absolute Gasteiger partial charge is 0.673 e. The molecule has 0 saturated heterocycles. The third-order valence-electron chi connectivity index (χ3n) is 3.63. The van der Waals surface area contributed by atoms with Gasteiger partial charge in [-0.1, -0.05) is 55.4 Å². The summed E-state index contributed by atoms with van der Waals surface area (Å²) in [6, 6.07) is 17.0. The maximum absolute atomic E-state index is 9.75. The van der Waals surface area contributed by atoms with Crippen LogP contribution in [-0.2, 0) is 7.05 Å². The van der Waals surface area contributed by atoms with Gasteiger partial charge in [-0.2, -0.15) is 4.57 Å². The molecule has 0 fully saturated rings. The number of thiazole rings is 1. The molecule has 0 aliphatic rings. The Kier molecular flexibility index (Phi) is 6.44. The SMILES string of the molecule is CC(C)c1ccc(C#Cc2sc3ccccc3[n+]2C)cc1.F[B-](F)(F)F. The van der Waals surface area contributed by atoms with E-state index in [1.54, 1.807) is 11.3 Å². The monoisotopic (exact) mass is 379 g/mol. The second kappa shape index (κ2) is 8.37. The lowest BCUT2D eigenvalue weighted by atomic mass is 10.0. The summed E-state index contributed by atoms with van der Waals surface area (Å²) in [6.45, 7) is 4.41. The molecule has 0 saturated carbocycles. The Bertz CT molecular complexity index is 928. The summed E-state index contributed by atoms with van der Waals surface area (Å²) in [5, 5.41) is 1.09. The van der Waals surface area contributed by atoms with Crippen LogP contribution in [0.4, 0.5) is 17.3 Å². The minimum absolute atomic E-state index is 0.562. The van der Waals surface area contributed by atoms with Crippen molar-refractivity contribution < 1.29 is 21.8 Å². The van der Waals surface area contributed by atoms with Crippen LogP contribution in [-0.4, -0.2) is 7.25 Å². The summed E-state index contributed by atoms with van der Waals surface area (Å²) in [6.07, 6.45) is 0. The first-order chi connectivity index (χ1) is 12.1. The molecule has 0 aliphatic carbocycles. The molecule has 0 atom stereocenters. The van der Waals surface area contributed by atoms with Crippen molar-refractivity contribution in [1.29, 1.82) is 0 Å². The van der Waals surface area contributed by atoms with Crippen LogP contribution in [0.5, 0.6) is 0 Å². The highest BCUT2D eigenvalue weighted by Gasteiger charge is 2.20. The number of aromatic nitrogens is 1. The van der Waals surface area contributed by atoms with Crippen molar-refractivity contribution >= 4 is 28.8 Å². The van der Waals surface area contributed by atoms with Gasteiger partial charge in [-0.25, -0.2) is 0 Å². The molecule has 0 spiro atoms. The number of fused-ring (bicyclic) bond motifs is 1. The molecule has 0 N–H and O–H groups in total. The molecule has 0 amide bonds. The maximum atomic E-state index is 9.75. The van der Waals surface area contributed by atoms with E-state index in [0.29, 0.717) is 5.92 Å². The normalized spacial score (nSPS) is 10.9. The van der Waals surface area contributed by atoms with E-state index in [0.717, 1.165) is 10.6 Å². The summed E-state index contributed by atoms with van der Waals surface area (Å²) >= 11 is 1.74. The van der Waals surface area contributed by atoms with Gasteiger partial charge in [0.25, 0.3) is 0 Å². The Morgan fingerprint density at radius 3 is 2.04 bits per heavy atom. The van der Waals surface area contributed by atoms with Gasteiger partial charge < -0.3 is 17.3 Å². The topological polar surface area (TPSA) is 3.88 Å². The van der Waals surface area contributed by atoms with E-state index in [2.05, 4.69) is 85.8 Å². The molecule has 1 heterocycles. The Morgan fingerprint density at radius 2 is 1.50 bits per heavy atom. The predicted molar refractivity (Wildman–Crippen MR) is 99.7 cm³/mol. The van der Waals surface area contributed by atoms with E-state index in [4.69, 9.17) is 0 Å². The second-order valence-corrected chi connectivity index (χ2v) is 6.99. The van der Waals surface area contributed by atoms with Crippen molar-refractivity contribution in [1.82, 2.24) is 0 Å². The van der Waals surface area contributed by atoms with Gasteiger partial charge >= 0.3 is 12.3 Å². The first-order valence-corrected chi connectivity index (χ1v) is 8.83. The number of rotatable bonds is 1. The molecule has 26 heavy (non-hydrogen) atoms. The number of para-hydroxylation sites is 1. The lowest BCUT2D eigenvalue weighted by molar-refractivity contribution is -0.642. The standard InChI is InChI=1S/C19H18NS.BF4/c1-14(2)16-11-8-15(9-12-16)10-13-19-20(3)17-6-4-5-7-18(17)21-19;2-1(3,4)5/h4-9,11-12,14H,1-3H3;/q+1;-1. The van der Waals surface area contributed by atoms with E-state index in [-0.39, 0.29) is 0 Å². The molecule has 1 aromatic heterocycles. The van der Waals surface area contributed by atoms with Gasteiger partial charge in [0.05, 0.1) is 0 Å². The molecule has 2 aromatic carbocycles. The first-order valence-electron chi connectivity index (χ1n) is 8.02. The summed E-state index contributed by atoms with van der Waals surface area (Å²) in [4.78, 5) is 0. The molecule has 3 aromatic rings. The van der Waals surface area contributed by atoms with Gasteiger partial charge in [-0.15, -0.1) is 0 Å². The fraction of sp³-hybridized carbons (Fsp3) is 0.211. The molecule has 0 aliphatic heterocycles. The highest BCUT2D eigenvalue weighted by molar-refractivity contribution is 7.18. The van der Waals surface area contributed by atoms with Crippen molar-refractivity contribution in [3.05, 3.63) is 64.7 Å². The van der Waals surface area contributed by atoms with E-state index in [1.165, 1.54) is 15.8 Å². The van der Waals surface area contributed by atoms with Crippen LogP contribution in [0.25, 0.3) is 10.2 Å². The first kappa shape index (κ1) is 20.0. The molecule has 136 valence electrons. The minimum atomic E-state index is -6.00. The van der Waals surface area contributed by atoms with Crippen LogP contribution >= 0.6 is 11.3 Å². The number of aryl methyl sites for hydroxylation is 1. The van der Waals surface area contributed by atoms with Crippen LogP contribution in [0.1, 0.15) is 35.9 Å². The summed E-state index contributed by atoms with van der Waals surface area (Å²) < 4.78 is 42.4. The fourth-order valence-electron chi connectivity index (χ4n) is 2.29. The number of nitrogens with zero attached hydrogens (tertiary/aromatic N) is 1. The molecule has 7 heteroatoms. The highest BCUT2D eigenvalue weighted by atomic mass is 32.1. The van der Waals surface area contributed by atoms with Crippen molar-refractivity contribution in [3.8, 4) is 11.8 Å². The average Bonchev–Trinajstić information content (AvgIpc) is 2.88. The predicted octanol–water partition coefficient (Wildman–Crippen LogP) is 5.55. The van der Waals surface area contributed by atoms with E-state index >= 15 is 0 Å². The van der Waals surface area contributed by atoms with Gasteiger partial charge in [-0.3, -0.25) is 0 Å². The van der Waals surface area contributed by atoms with Crippen molar-refractivity contribution in [2.24, 2.45) is 7.05 Å². The molecule has 1 nitrogen and oxygen atoms in total. The zero-order chi connectivity index (χ0) is 19.3. The molecule has 3 rings (SSSR count). The molecular weight excluding hydrogens is 361 g/mol. The zero-order valence-corrected chi connectivity index (χ0v) is 15.5. The number of hydrogen-bond acceptors (Lipinski definition) is 1. The van der Waals surface area contributed by atoms with Gasteiger partial charge in [0.2, 0.25) is 5.52 Å². The van der Waals surface area contributed by atoms with Gasteiger partial charge in [0.15, 0.2) is 0 Å². The summed E-state index contributed by atoms with van der Waals surface area (Å²) in [7, 11) is -3.93. The van der Waals surface area contributed by atoms with Crippen LogP contribution in [0.3, 0.4) is 0 Å². The Hall–Kier alpha value is -2.33. The Morgan fingerprint density at radius 1 is 0.923 bits per heavy atom. The van der Waals surface area contributed by atoms with Gasteiger partial charge in [0, 0.05) is 17.6 Å². The molecular formula is C19H18BF4NS. The lowest BCUT2D eigenvalue weighted by Crippen LogP contribution is -2.29. The number of halogens is 4. The van der Waals surface area contributed by atoms with Crippen molar-refractivity contribution in [3.63, 3.8) is 0 Å². The van der Waals surface area contributed by atoms with Crippen LogP contribution < -0.4 is 4.57 Å². The number of benzene rings is 2. The minimum Gasteiger partial charge on any atom is -0.418 e. The lowest BCUT2D eigenvalue weighted by Gasteiger charge is -2.03. The smallest absolute Gasteiger partial charge is 0.418 e. The molecule has 0 unspecified atom stereocenters. The third kappa shape index (κ3) is 5.89. The number of hydrogen-bond donors (Lipinski definition) is 0. The molecule has 0 radical (unpaired) electrons. The van der Waals surface area contributed by atoms with Gasteiger partial charge in [0.1, 0.15) is 11.7 Å². The van der Waals surface area contributed by atoms with Crippen LogP contribution in [0, 0.1) is 11.8 Å². The van der Waals surface area contributed by atoms with E-state index in [9.17, 15) is 17.3 Å². The van der Waals surface area contributed by atoms with Gasteiger partial charge in [-0.05, 0) is 29.7 Å².